The van der Waals surface area contributed by atoms with Crippen molar-refractivity contribution in [2.75, 3.05) is 11.9 Å². The zero-order chi connectivity index (χ0) is 9.56. The number of hydrogen-bond donors (Lipinski definition) is 0. The Morgan fingerprint density at radius 1 is 1.75 bits per heavy atom. The third-order valence-corrected chi connectivity index (χ3v) is 1.31. The molecule has 0 fully saturated rings. The molecular formula is C5H8BrNO5. The molecule has 0 aromatic rings. The van der Waals surface area contributed by atoms with Gasteiger partial charge >= 0.3 is 5.97 Å². The zero-order valence-electron chi connectivity index (χ0n) is 6.36. The fourth-order valence-corrected chi connectivity index (χ4v) is 0.588. The third kappa shape index (κ3) is 5.90. The number of nitrogens with zero attached hydrogens (tertiary/aromatic N) is 1. The van der Waals surface area contributed by atoms with Crippen LogP contribution in [0.5, 0.6) is 0 Å². The predicted octanol–water partition coefficient (Wildman–Crippen LogP) is 0.521. The lowest BCUT2D eigenvalue weighted by molar-refractivity contribution is -0.767. The van der Waals surface area contributed by atoms with Crippen LogP contribution in [0.4, 0.5) is 0 Å². The number of hydrogen-bond acceptors (Lipinski definition) is 5. The van der Waals surface area contributed by atoms with E-state index < -0.39 is 17.2 Å². The van der Waals surface area contributed by atoms with Gasteiger partial charge in [-0.25, -0.2) is 0 Å². The van der Waals surface area contributed by atoms with E-state index in [0.29, 0.717) is 0 Å². The molecule has 0 rings (SSSR count). The van der Waals surface area contributed by atoms with Crippen molar-refractivity contribution in [2.45, 2.75) is 13.0 Å². The zero-order valence-corrected chi connectivity index (χ0v) is 7.94. The molecule has 0 aromatic heterocycles. The SMILES string of the molecule is CC(COC(=O)CBr)O[N+](=O)[O-]. The van der Waals surface area contributed by atoms with Gasteiger partial charge in [0.1, 0.15) is 18.0 Å². The Hall–Kier alpha value is -0.850. The summed E-state index contributed by atoms with van der Waals surface area (Å²) in [5.74, 6) is -0.478. The van der Waals surface area contributed by atoms with Gasteiger partial charge in [-0.1, -0.05) is 15.9 Å². The van der Waals surface area contributed by atoms with Crippen molar-refractivity contribution in [2.24, 2.45) is 0 Å². The molecule has 70 valence electrons. The van der Waals surface area contributed by atoms with Crippen LogP contribution in [0.2, 0.25) is 0 Å². The molecule has 1 atom stereocenters. The van der Waals surface area contributed by atoms with E-state index in [0.717, 1.165) is 0 Å². The van der Waals surface area contributed by atoms with E-state index in [-0.39, 0.29) is 11.9 Å². The van der Waals surface area contributed by atoms with Gasteiger partial charge in [0.15, 0.2) is 0 Å². The summed E-state index contributed by atoms with van der Waals surface area (Å²) >= 11 is 2.87. The van der Waals surface area contributed by atoms with E-state index in [1.165, 1.54) is 6.92 Å². The first-order valence-electron chi connectivity index (χ1n) is 3.09. The summed E-state index contributed by atoms with van der Waals surface area (Å²) in [6.45, 7) is 1.32. The Kier molecular flexibility index (Phi) is 5.35. The Labute approximate surface area is 77.1 Å². The van der Waals surface area contributed by atoms with Crippen LogP contribution in [0.15, 0.2) is 0 Å². The minimum Gasteiger partial charge on any atom is -0.463 e. The highest BCUT2D eigenvalue weighted by atomic mass is 79.9. The summed E-state index contributed by atoms with van der Waals surface area (Å²) in [5, 5.41) is 8.90. The summed E-state index contributed by atoms with van der Waals surface area (Å²) in [4.78, 5) is 24.3. The first-order chi connectivity index (χ1) is 5.56. The number of carbonyl (C=O) groups excluding carboxylic acids is 1. The smallest absolute Gasteiger partial charge is 0.316 e. The van der Waals surface area contributed by atoms with Crippen molar-refractivity contribution < 1.29 is 19.5 Å². The van der Waals surface area contributed by atoms with Gasteiger partial charge in [0, 0.05) is 0 Å². The molecule has 1 unspecified atom stereocenters. The lowest BCUT2D eigenvalue weighted by Crippen LogP contribution is -2.21. The Bertz CT molecular complexity index is 173. The molecular weight excluding hydrogens is 234 g/mol. The minimum absolute atomic E-state index is 0.0676. The summed E-state index contributed by atoms with van der Waals surface area (Å²) < 4.78 is 4.54. The van der Waals surface area contributed by atoms with Crippen molar-refractivity contribution in [1.29, 1.82) is 0 Å². The Morgan fingerprint density at radius 3 is 2.75 bits per heavy atom. The normalized spacial score (nSPS) is 11.8. The van der Waals surface area contributed by atoms with Gasteiger partial charge in [-0.05, 0) is 6.92 Å². The average molecular weight is 242 g/mol. The van der Waals surface area contributed by atoms with Crippen LogP contribution in [0.3, 0.4) is 0 Å². The van der Waals surface area contributed by atoms with Crippen LogP contribution in [-0.4, -0.2) is 29.1 Å². The topological polar surface area (TPSA) is 78.7 Å². The first kappa shape index (κ1) is 11.2. The number of esters is 1. The maximum Gasteiger partial charge on any atom is 0.316 e. The van der Waals surface area contributed by atoms with Gasteiger partial charge in [-0.3, -0.25) is 4.79 Å². The molecule has 0 saturated heterocycles. The average Bonchev–Trinajstić information content (AvgIpc) is 1.99. The molecule has 0 aromatic carbocycles. The second-order valence-electron chi connectivity index (χ2n) is 1.96. The molecule has 0 saturated carbocycles. The van der Waals surface area contributed by atoms with Crippen LogP contribution in [0.25, 0.3) is 0 Å². The van der Waals surface area contributed by atoms with Gasteiger partial charge in [0.2, 0.25) is 0 Å². The standard InChI is InChI=1S/C5H8BrNO5/c1-4(12-7(9)10)3-11-5(8)2-6/h4H,2-3H2,1H3. The van der Waals surface area contributed by atoms with Gasteiger partial charge in [0.25, 0.3) is 5.09 Å². The fourth-order valence-electron chi connectivity index (χ4n) is 0.426. The van der Waals surface area contributed by atoms with Crippen LogP contribution in [-0.2, 0) is 14.4 Å². The maximum atomic E-state index is 10.5. The summed E-state index contributed by atoms with van der Waals surface area (Å²) in [6.07, 6.45) is -0.733. The van der Waals surface area contributed by atoms with Crippen molar-refractivity contribution >= 4 is 21.9 Å². The van der Waals surface area contributed by atoms with Crippen LogP contribution >= 0.6 is 15.9 Å². The first-order valence-corrected chi connectivity index (χ1v) is 4.21. The van der Waals surface area contributed by atoms with Gasteiger partial charge in [-0.2, -0.15) is 0 Å². The second kappa shape index (κ2) is 5.76. The minimum atomic E-state index is -0.924. The highest BCUT2D eigenvalue weighted by molar-refractivity contribution is 9.09. The van der Waals surface area contributed by atoms with Gasteiger partial charge in [-0.15, -0.1) is 10.1 Å². The highest BCUT2D eigenvalue weighted by Gasteiger charge is 2.09. The van der Waals surface area contributed by atoms with E-state index in [1.807, 2.05) is 0 Å². The van der Waals surface area contributed by atoms with Crippen molar-refractivity contribution in [1.82, 2.24) is 0 Å². The van der Waals surface area contributed by atoms with Crippen LogP contribution in [0, 0.1) is 10.1 Å². The molecule has 0 heterocycles. The Balaban J connectivity index is 3.50. The van der Waals surface area contributed by atoms with Crippen LogP contribution < -0.4 is 0 Å². The number of rotatable bonds is 5. The van der Waals surface area contributed by atoms with Crippen molar-refractivity contribution in [3.8, 4) is 0 Å². The fraction of sp³-hybridized carbons (Fsp3) is 0.800. The number of ether oxygens (including phenoxy) is 1. The summed E-state index contributed by atoms with van der Waals surface area (Å²) in [5.41, 5.74) is 0. The molecule has 0 spiro atoms. The quantitative estimate of drug-likeness (QED) is 0.304. The molecule has 0 N–H and O–H groups in total. The van der Waals surface area contributed by atoms with Crippen molar-refractivity contribution in [3.05, 3.63) is 10.1 Å². The third-order valence-electron chi connectivity index (χ3n) is 0.854. The number of alkyl halides is 1. The molecule has 7 heteroatoms. The van der Waals surface area contributed by atoms with E-state index in [2.05, 4.69) is 25.5 Å². The summed E-state index contributed by atoms with van der Waals surface area (Å²) in [7, 11) is 0. The lowest BCUT2D eigenvalue weighted by Gasteiger charge is -2.08. The largest absolute Gasteiger partial charge is 0.463 e. The Morgan fingerprint density at radius 2 is 2.33 bits per heavy atom. The van der Waals surface area contributed by atoms with Crippen molar-refractivity contribution in [3.63, 3.8) is 0 Å². The molecule has 6 nitrogen and oxygen atoms in total. The predicted molar refractivity (Wildman–Crippen MR) is 42.3 cm³/mol. The monoisotopic (exact) mass is 241 g/mol. The molecule has 0 bridgehead atoms. The maximum absolute atomic E-state index is 10.5. The van der Waals surface area contributed by atoms with Gasteiger partial charge < -0.3 is 9.57 Å². The van der Waals surface area contributed by atoms with E-state index in [9.17, 15) is 14.9 Å². The van der Waals surface area contributed by atoms with Crippen LogP contribution in [0.1, 0.15) is 6.92 Å². The molecule has 0 amide bonds. The molecule has 0 aliphatic heterocycles. The number of carbonyl (C=O) groups is 1. The van der Waals surface area contributed by atoms with E-state index in [4.69, 9.17) is 0 Å². The van der Waals surface area contributed by atoms with E-state index >= 15 is 0 Å². The highest BCUT2D eigenvalue weighted by Crippen LogP contribution is 1.93. The number of halogens is 1. The van der Waals surface area contributed by atoms with E-state index in [1.54, 1.807) is 0 Å². The molecule has 12 heavy (non-hydrogen) atoms. The molecule has 0 radical (unpaired) electrons. The molecule has 0 aliphatic rings. The second-order valence-corrected chi connectivity index (χ2v) is 2.52. The summed E-state index contributed by atoms with van der Waals surface area (Å²) in [6, 6.07) is 0. The molecule has 0 aliphatic carbocycles. The lowest BCUT2D eigenvalue weighted by atomic mass is 10.4. The van der Waals surface area contributed by atoms with Gasteiger partial charge in [0.05, 0.1) is 0 Å².